The average Bonchev–Trinajstić information content (AvgIpc) is 3.06. The summed E-state index contributed by atoms with van der Waals surface area (Å²) in [7, 11) is -1.87. The lowest BCUT2D eigenvalue weighted by molar-refractivity contribution is 0.0583. The summed E-state index contributed by atoms with van der Waals surface area (Å²) in [5, 5.41) is 3.97. The van der Waals surface area contributed by atoms with Crippen LogP contribution in [0.4, 0.5) is 5.69 Å². The molecule has 9 nitrogen and oxygen atoms in total. The summed E-state index contributed by atoms with van der Waals surface area (Å²) in [5.41, 5.74) is 0.00598. The summed E-state index contributed by atoms with van der Waals surface area (Å²) in [4.78, 5) is 23.2. The van der Waals surface area contributed by atoms with Gasteiger partial charge in [0.2, 0.25) is 0 Å². The number of nitrogens with one attached hydrogen (secondary N) is 1. The van der Waals surface area contributed by atoms with E-state index < -0.39 is 26.9 Å². The Kier molecular flexibility index (Phi) is 5.42. The van der Waals surface area contributed by atoms with Gasteiger partial charge in [0.25, 0.3) is 10.0 Å². The average molecular weight is 367 g/mol. The Labute approximate surface area is 144 Å². The van der Waals surface area contributed by atoms with Crippen molar-refractivity contribution >= 4 is 27.6 Å². The van der Waals surface area contributed by atoms with Gasteiger partial charge in [-0.3, -0.25) is 9.40 Å². The van der Waals surface area contributed by atoms with Crippen LogP contribution in [0.15, 0.2) is 35.5 Å². The quantitative estimate of drug-likeness (QED) is 0.764. The molecule has 0 bridgehead atoms. The number of esters is 2. The molecule has 0 radical (unpaired) electrons. The number of hydrogen-bond donors (Lipinski definition) is 1. The van der Waals surface area contributed by atoms with E-state index in [-0.39, 0.29) is 16.8 Å². The Morgan fingerprint density at radius 2 is 1.88 bits per heavy atom. The lowest BCUT2D eigenvalue weighted by Crippen LogP contribution is -2.18. The van der Waals surface area contributed by atoms with Crippen LogP contribution in [0.5, 0.6) is 0 Å². The molecule has 10 heteroatoms. The molecule has 134 valence electrons. The third-order valence-electron chi connectivity index (χ3n) is 3.31. The zero-order chi connectivity index (χ0) is 18.6. The van der Waals surface area contributed by atoms with Gasteiger partial charge < -0.3 is 9.47 Å². The zero-order valence-corrected chi connectivity index (χ0v) is 14.7. The first-order chi connectivity index (χ1) is 11.8. The number of methoxy groups -OCH3 is 2. The summed E-state index contributed by atoms with van der Waals surface area (Å²) < 4.78 is 38.4. The fourth-order valence-electron chi connectivity index (χ4n) is 2.07. The molecule has 0 spiro atoms. The number of nitrogens with zero attached hydrogens (tertiary/aromatic N) is 2. The van der Waals surface area contributed by atoms with E-state index in [1.807, 2.05) is 6.92 Å². The maximum absolute atomic E-state index is 12.7. The third kappa shape index (κ3) is 3.97. The summed E-state index contributed by atoms with van der Waals surface area (Å²) in [5.74, 6) is -1.58. The van der Waals surface area contributed by atoms with Crippen LogP contribution < -0.4 is 4.72 Å². The van der Waals surface area contributed by atoms with Crippen molar-refractivity contribution in [1.29, 1.82) is 0 Å². The van der Waals surface area contributed by atoms with Crippen LogP contribution in [0, 0.1) is 0 Å². The van der Waals surface area contributed by atoms with Crippen molar-refractivity contribution in [3.8, 4) is 0 Å². The summed E-state index contributed by atoms with van der Waals surface area (Å²) in [6, 6.07) is 3.54. The monoisotopic (exact) mass is 367 g/mol. The maximum atomic E-state index is 12.7. The van der Waals surface area contributed by atoms with Crippen LogP contribution in [0.2, 0.25) is 0 Å². The smallest absolute Gasteiger partial charge is 0.339 e. The molecule has 0 aliphatic rings. The molecule has 0 aliphatic heterocycles. The first kappa shape index (κ1) is 18.5. The van der Waals surface area contributed by atoms with Crippen LogP contribution in [-0.2, 0) is 26.0 Å². The highest BCUT2D eigenvalue weighted by molar-refractivity contribution is 7.92. The number of aryl methyl sites for hydroxylation is 1. The summed E-state index contributed by atoms with van der Waals surface area (Å²) >= 11 is 0. The van der Waals surface area contributed by atoms with Crippen LogP contribution >= 0.6 is 0 Å². The number of anilines is 1. The molecule has 2 aromatic rings. The summed E-state index contributed by atoms with van der Waals surface area (Å²) in [6.45, 7) is 2.41. The zero-order valence-electron chi connectivity index (χ0n) is 13.8. The standard InChI is InChI=1S/C15H17N3O6S/c1-4-18-9-11(8-16-18)17-25(21,22)13-7-10(14(19)23-2)5-6-12(13)15(20)24-3/h5-9,17H,4H2,1-3H3. The molecule has 1 heterocycles. The number of benzene rings is 1. The lowest BCUT2D eigenvalue weighted by Gasteiger charge is -2.11. The van der Waals surface area contributed by atoms with Crippen LogP contribution in [0.25, 0.3) is 0 Å². The van der Waals surface area contributed by atoms with E-state index in [0.29, 0.717) is 6.54 Å². The minimum atomic E-state index is -4.17. The normalized spacial score (nSPS) is 11.0. The van der Waals surface area contributed by atoms with Gasteiger partial charge in [-0.25, -0.2) is 18.0 Å². The minimum Gasteiger partial charge on any atom is -0.465 e. The Morgan fingerprint density at radius 3 is 2.44 bits per heavy atom. The fraction of sp³-hybridized carbons (Fsp3) is 0.267. The molecule has 0 aliphatic carbocycles. The van der Waals surface area contributed by atoms with Crippen LogP contribution in [-0.4, -0.2) is 44.4 Å². The number of sulfonamides is 1. The number of aromatic nitrogens is 2. The predicted molar refractivity (Wildman–Crippen MR) is 87.8 cm³/mol. The minimum absolute atomic E-state index is 0.0141. The van der Waals surface area contributed by atoms with Gasteiger partial charge in [-0.1, -0.05) is 0 Å². The van der Waals surface area contributed by atoms with Gasteiger partial charge in [0.15, 0.2) is 0 Å². The molecule has 0 amide bonds. The first-order valence-corrected chi connectivity index (χ1v) is 8.66. The largest absolute Gasteiger partial charge is 0.465 e. The molecule has 0 saturated carbocycles. The van der Waals surface area contributed by atoms with E-state index in [2.05, 4.69) is 19.3 Å². The first-order valence-electron chi connectivity index (χ1n) is 7.18. The van der Waals surface area contributed by atoms with Crippen molar-refractivity contribution in [3.63, 3.8) is 0 Å². The predicted octanol–water partition coefficient (Wildman–Crippen LogP) is 1.28. The molecule has 2 rings (SSSR count). The van der Waals surface area contributed by atoms with Gasteiger partial charge in [-0.2, -0.15) is 5.10 Å². The maximum Gasteiger partial charge on any atom is 0.339 e. The number of rotatable bonds is 6. The SMILES string of the molecule is CCn1cc(NS(=O)(=O)c2cc(C(=O)OC)ccc2C(=O)OC)cn1. The van der Waals surface area contributed by atoms with Gasteiger partial charge in [-0.05, 0) is 25.1 Å². The van der Waals surface area contributed by atoms with Crippen molar-refractivity contribution in [3.05, 3.63) is 41.7 Å². The second-order valence-electron chi connectivity index (χ2n) is 4.88. The van der Waals surface area contributed by atoms with Gasteiger partial charge in [-0.15, -0.1) is 0 Å². The summed E-state index contributed by atoms with van der Waals surface area (Å²) in [6.07, 6.45) is 2.84. The van der Waals surface area contributed by atoms with E-state index in [0.717, 1.165) is 13.2 Å². The molecule has 25 heavy (non-hydrogen) atoms. The second kappa shape index (κ2) is 7.34. The fourth-order valence-corrected chi connectivity index (χ4v) is 3.32. The Hall–Kier alpha value is -2.88. The van der Waals surface area contributed by atoms with E-state index >= 15 is 0 Å². The van der Waals surface area contributed by atoms with Crippen molar-refractivity contribution in [1.82, 2.24) is 9.78 Å². The number of ether oxygens (including phenoxy) is 2. The topological polar surface area (TPSA) is 117 Å². The Balaban J connectivity index is 2.51. The molecular formula is C15H17N3O6S. The van der Waals surface area contributed by atoms with Crippen molar-refractivity contribution in [2.75, 3.05) is 18.9 Å². The molecule has 1 aromatic carbocycles. The molecule has 1 N–H and O–H groups in total. The van der Waals surface area contributed by atoms with E-state index in [1.165, 1.54) is 36.3 Å². The van der Waals surface area contributed by atoms with Gasteiger partial charge in [0.05, 0.1) is 37.2 Å². The lowest BCUT2D eigenvalue weighted by atomic mass is 10.1. The van der Waals surface area contributed by atoms with Gasteiger partial charge in [0, 0.05) is 12.7 Å². The van der Waals surface area contributed by atoms with Crippen LogP contribution in [0.1, 0.15) is 27.6 Å². The molecule has 0 atom stereocenters. The molecule has 0 saturated heterocycles. The van der Waals surface area contributed by atoms with E-state index in [9.17, 15) is 18.0 Å². The number of hydrogen-bond acceptors (Lipinski definition) is 7. The third-order valence-corrected chi connectivity index (χ3v) is 4.73. The van der Waals surface area contributed by atoms with Crippen molar-refractivity contribution < 1.29 is 27.5 Å². The molecule has 1 aromatic heterocycles. The molecular weight excluding hydrogens is 350 g/mol. The highest BCUT2D eigenvalue weighted by atomic mass is 32.2. The van der Waals surface area contributed by atoms with Gasteiger partial charge in [0.1, 0.15) is 4.90 Å². The van der Waals surface area contributed by atoms with E-state index in [4.69, 9.17) is 0 Å². The highest BCUT2D eigenvalue weighted by Crippen LogP contribution is 2.22. The van der Waals surface area contributed by atoms with Crippen molar-refractivity contribution in [2.24, 2.45) is 0 Å². The Bertz CT molecular complexity index is 904. The second-order valence-corrected chi connectivity index (χ2v) is 6.54. The number of carbonyl (C=O) groups is 2. The van der Waals surface area contributed by atoms with E-state index in [1.54, 1.807) is 0 Å². The number of carbonyl (C=O) groups excluding carboxylic acids is 2. The van der Waals surface area contributed by atoms with Gasteiger partial charge >= 0.3 is 11.9 Å². The van der Waals surface area contributed by atoms with Crippen molar-refractivity contribution in [2.45, 2.75) is 18.4 Å². The Morgan fingerprint density at radius 1 is 1.20 bits per heavy atom. The molecule has 0 unspecified atom stereocenters. The van der Waals surface area contributed by atoms with Crippen LogP contribution in [0.3, 0.4) is 0 Å². The molecule has 0 fully saturated rings. The highest BCUT2D eigenvalue weighted by Gasteiger charge is 2.25.